The van der Waals surface area contributed by atoms with Crippen molar-refractivity contribution < 1.29 is 14.9 Å². The minimum absolute atomic E-state index is 0.0325. The quantitative estimate of drug-likeness (QED) is 0.818. The van der Waals surface area contributed by atoms with Crippen LogP contribution in [0.4, 0.5) is 0 Å². The average molecular weight is 296 g/mol. The fourth-order valence-corrected chi connectivity index (χ4v) is 4.17. The zero-order valence-electron chi connectivity index (χ0n) is 12.6. The normalized spacial score (nSPS) is 26.1. The van der Waals surface area contributed by atoms with Crippen LogP contribution in [-0.2, 0) is 0 Å². The Bertz CT molecular complexity index is 723. The second-order valence-electron chi connectivity index (χ2n) is 6.50. The molecule has 0 spiro atoms. The molecular weight excluding hydrogens is 276 g/mol. The number of hydrogen-bond donors (Lipinski definition) is 2. The summed E-state index contributed by atoms with van der Waals surface area (Å²) in [6, 6.07) is 10.9. The molecule has 4 rings (SSSR count). The van der Waals surface area contributed by atoms with Gasteiger partial charge in [-0.1, -0.05) is 12.5 Å². The maximum absolute atomic E-state index is 9.78. The zero-order valence-corrected chi connectivity index (χ0v) is 12.6. The lowest BCUT2D eigenvalue weighted by atomic mass is 9.79. The van der Waals surface area contributed by atoms with Crippen LogP contribution in [0.15, 0.2) is 36.4 Å². The van der Waals surface area contributed by atoms with Crippen LogP contribution in [0.5, 0.6) is 17.2 Å². The van der Waals surface area contributed by atoms with Gasteiger partial charge in [0.05, 0.1) is 0 Å². The first-order valence-corrected chi connectivity index (χ1v) is 7.92. The molecule has 0 radical (unpaired) electrons. The van der Waals surface area contributed by atoms with Crippen molar-refractivity contribution in [2.45, 2.75) is 38.2 Å². The summed E-state index contributed by atoms with van der Waals surface area (Å²) in [6.07, 6.45) is 3.52. The number of aromatic hydroxyl groups is 2. The molecule has 114 valence electrons. The molecule has 1 aliphatic carbocycles. The van der Waals surface area contributed by atoms with E-state index in [1.54, 1.807) is 18.2 Å². The molecule has 2 aliphatic rings. The van der Waals surface area contributed by atoms with Crippen molar-refractivity contribution >= 4 is 0 Å². The van der Waals surface area contributed by atoms with E-state index in [9.17, 15) is 10.2 Å². The van der Waals surface area contributed by atoms with Crippen LogP contribution in [0, 0.1) is 12.8 Å². The minimum atomic E-state index is 0.0325. The van der Waals surface area contributed by atoms with E-state index >= 15 is 0 Å². The monoisotopic (exact) mass is 296 g/mol. The van der Waals surface area contributed by atoms with Crippen LogP contribution < -0.4 is 4.74 Å². The van der Waals surface area contributed by atoms with E-state index in [1.807, 2.05) is 25.1 Å². The van der Waals surface area contributed by atoms with Crippen molar-refractivity contribution in [2.24, 2.45) is 5.92 Å². The molecule has 1 aliphatic heterocycles. The van der Waals surface area contributed by atoms with Crippen LogP contribution in [0.1, 0.15) is 48.0 Å². The number of hydrogen-bond acceptors (Lipinski definition) is 3. The molecule has 1 saturated carbocycles. The molecule has 3 atom stereocenters. The highest BCUT2D eigenvalue weighted by Gasteiger charge is 2.42. The Labute approximate surface area is 130 Å². The molecule has 3 nitrogen and oxygen atoms in total. The smallest absolute Gasteiger partial charge is 0.127 e. The van der Waals surface area contributed by atoms with Gasteiger partial charge in [0.2, 0.25) is 0 Å². The first-order chi connectivity index (χ1) is 10.6. The molecule has 0 saturated heterocycles. The molecule has 0 unspecified atom stereocenters. The molecule has 2 aromatic carbocycles. The second kappa shape index (κ2) is 4.94. The highest BCUT2D eigenvalue weighted by atomic mass is 16.5. The van der Waals surface area contributed by atoms with Gasteiger partial charge in [-0.25, -0.2) is 0 Å². The lowest BCUT2D eigenvalue weighted by molar-refractivity contribution is 0.103. The van der Waals surface area contributed by atoms with Crippen molar-refractivity contribution in [1.82, 2.24) is 0 Å². The number of fused-ring (bicyclic) bond motifs is 3. The topological polar surface area (TPSA) is 49.7 Å². The van der Waals surface area contributed by atoms with Gasteiger partial charge in [0.15, 0.2) is 0 Å². The highest BCUT2D eigenvalue weighted by molar-refractivity contribution is 5.46. The maximum atomic E-state index is 9.78. The van der Waals surface area contributed by atoms with Gasteiger partial charge in [0, 0.05) is 11.5 Å². The van der Waals surface area contributed by atoms with Gasteiger partial charge in [-0.05, 0) is 67.1 Å². The fourth-order valence-electron chi connectivity index (χ4n) is 4.17. The molecule has 22 heavy (non-hydrogen) atoms. The van der Waals surface area contributed by atoms with Gasteiger partial charge in [-0.3, -0.25) is 0 Å². The third-order valence-corrected chi connectivity index (χ3v) is 5.16. The third kappa shape index (κ3) is 2.04. The Kier molecular flexibility index (Phi) is 3.03. The van der Waals surface area contributed by atoms with Crippen LogP contribution in [0.25, 0.3) is 0 Å². The van der Waals surface area contributed by atoms with E-state index in [2.05, 4.69) is 0 Å². The van der Waals surface area contributed by atoms with Gasteiger partial charge in [-0.15, -0.1) is 0 Å². The summed E-state index contributed by atoms with van der Waals surface area (Å²) in [7, 11) is 0. The maximum Gasteiger partial charge on any atom is 0.127 e. The van der Waals surface area contributed by atoms with Gasteiger partial charge < -0.3 is 14.9 Å². The summed E-state index contributed by atoms with van der Waals surface area (Å²) in [5.74, 6) is 2.39. The first kappa shape index (κ1) is 13.5. The minimum Gasteiger partial charge on any atom is -0.508 e. The molecule has 1 heterocycles. The number of benzene rings is 2. The second-order valence-corrected chi connectivity index (χ2v) is 6.50. The summed E-state index contributed by atoms with van der Waals surface area (Å²) < 4.78 is 6.31. The van der Waals surface area contributed by atoms with Gasteiger partial charge in [0.25, 0.3) is 0 Å². The zero-order chi connectivity index (χ0) is 15.3. The van der Waals surface area contributed by atoms with E-state index < -0.39 is 0 Å². The lowest BCUT2D eigenvalue weighted by Gasteiger charge is -2.37. The molecule has 2 aromatic rings. The van der Waals surface area contributed by atoms with E-state index in [-0.39, 0.29) is 6.10 Å². The average Bonchev–Trinajstić information content (AvgIpc) is 2.97. The fraction of sp³-hybridized carbons (Fsp3) is 0.368. The largest absolute Gasteiger partial charge is 0.508 e. The van der Waals surface area contributed by atoms with Crippen molar-refractivity contribution in [3.63, 3.8) is 0 Å². The number of rotatable bonds is 1. The first-order valence-electron chi connectivity index (χ1n) is 7.92. The summed E-state index contributed by atoms with van der Waals surface area (Å²) in [6.45, 7) is 2.02. The Morgan fingerprint density at radius 2 is 1.73 bits per heavy atom. The molecular formula is C19H20O3. The summed E-state index contributed by atoms with van der Waals surface area (Å²) in [4.78, 5) is 0. The standard InChI is InChI=1S/C19H20O3/c1-11-9-12(20)5-7-14(11)19-16-4-2-3-15(16)17-10-13(21)6-8-18(17)22-19/h5-10,15-16,19-21H,2-4H2,1H3/t15-,16+,19+/m0/s1. The predicted octanol–water partition coefficient (Wildman–Crippen LogP) is 4.42. The van der Waals surface area contributed by atoms with Crippen LogP contribution >= 0.6 is 0 Å². The van der Waals surface area contributed by atoms with Gasteiger partial charge in [0.1, 0.15) is 23.4 Å². The molecule has 0 bridgehead atoms. The molecule has 0 amide bonds. The number of phenols is 2. The van der Waals surface area contributed by atoms with Crippen molar-refractivity contribution in [3.8, 4) is 17.2 Å². The van der Waals surface area contributed by atoms with Crippen LogP contribution in [-0.4, -0.2) is 10.2 Å². The third-order valence-electron chi connectivity index (χ3n) is 5.16. The van der Waals surface area contributed by atoms with E-state index in [1.165, 1.54) is 6.42 Å². The highest BCUT2D eigenvalue weighted by Crippen LogP contribution is 2.54. The van der Waals surface area contributed by atoms with E-state index in [0.29, 0.717) is 23.3 Å². The van der Waals surface area contributed by atoms with Gasteiger partial charge >= 0.3 is 0 Å². The number of phenolic OH excluding ortho intramolecular Hbond substituents is 2. The summed E-state index contributed by atoms with van der Waals surface area (Å²) in [5, 5.41) is 19.4. The van der Waals surface area contributed by atoms with E-state index in [4.69, 9.17) is 4.74 Å². The van der Waals surface area contributed by atoms with Crippen molar-refractivity contribution in [1.29, 1.82) is 0 Å². The van der Waals surface area contributed by atoms with Crippen LogP contribution in [0.3, 0.4) is 0 Å². The Morgan fingerprint density at radius 3 is 2.55 bits per heavy atom. The van der Waals surface area contributed by atoms with E-state index in [0.717, 1.165) is 35.3 Å². The number of aryl methyl sites for hydroxylation is 1. The summed E-state index contributed by atoms with van der Waals surface area (Å²) in [5.41, 5.74) is 3.38. The molecule has 3 heteroatoms. The SMILES string of the molecule is Cc1cc(O)ccc1[C@H]1Oc2ccc(O)cc2[C@H]2CCC[C@H]21. The predicted molar refractivity (Wildman–Crippen MR) is 84.4 cm³/mol. The Morgan fingerprint density at radius 1 is 0.955 bits per heavy atom. The number of ether oxygens (including phenoxy) is 1. The molecule has 0 aromatic heterocycles. The van der Waals surface area contributed by atoms with Crippen molar-refractivity contribution in [2.75, 3.05) is 0 Å². The Hall–Kier alpha value is -2.16. The lowest BCUT2D eigenvalue weighted by Crippen LogP contribution is -2.27. The molecule has 1 fully saturated rings. The van der Waals surface area contributed by atoms with Crippen molar-refractivity contribution in [3.05, 3.63) is 53.1 Å². The molecule has 2 N–H and O–H groups in total. The van der Waals surface area contributed by atoms with Gasteiger partial charge in [-0.2, -0.15) is 0 Å². The summed E-state index contributed by atoms with van der Waals surface area (Å²) >= 11 is 0. The Balaban J connectivity index is 1.80. The van der Waals surface area contributed by atoms with Crippen LogP contribution in [0.2, 0.25) is 0 Å².